The first kappa shape index (κ1) is 16.8. The lowest BCUT2D eigenvalue weighted by atomic mass is 10.1. The Bertz CT molecular complexity index is 290. The number of aliphatic hydroxyl groups is 2. The number of carbonyl (C=O) groups excluding carboxylic acids is 1. The van der Waals surface area contributed by atoms with Crippen molar-refractivity contribution in [3.05, 3.63) is 0 Å². The zero-order valence-corrected chi connectivity index (χ0v) is 10.6. The molecule has 0 saturated carbocycles. The zero-order valence-electron chi connectivity index (χ0n) is 10.6. The second kappa shape index (κ2) is 7.27. The van der Waals surface area contributed by atoms with E-state index in [1.54, 1.807) is 0 Å². The van der Waals surface area contributed by atoms with E-state index in [0.717, 1.165) is 6.92 Å². The standard InChI is InChI=1S/C10H21N3O5/c1-3-6-13(12-10(2,17)18)7(9(15)16)4-5-8(11)14/h7,12,17-18H,3-6H2,1-2H3,(H2,11,14)(H,15,16)/t7-/m0/s1. The van der Waals surface area contributed by atoms with Gasteiger partial charge in [0.15, 0.2) is 0 Å². The van der Waals surface area contributed by atoms with Crippen LogP contribution in [0, 0.1) is 0 Å². The van der Waals surface area contributed by atoms with Crippen LogP contribution < -0.4 is 11.2 Å². The lowest BCUT2D eigenvalue weighted by Gasteiger charge is -2.33. The van der Waals surface area contributed by atoms with Gasteiger partial charge in [-0.1, -0.05) is 6.92 Å². The molecule has 6 N–H and O–H groups in total. The molecule has 18 heavy (non-hydrogen) atoms. The van der Waals surface area contributed by atoms with E-state index in [2.05, 4.69) is 5.43 Å². The van der Waals surface area contributed by atoms with Gasteiger partial charge in [0, 0.05) is 19.9 Å². The van der Waals surface area contributed by atoms with Crippen LogP contribution in [0.25, 0.3) is 0 Å². The van der Waals surface area contributed by atoms with Gasteiger partial charge >= 0.3 is 5.97 Å². The Morgan fingerprint density at radius 1 is 1.44 bits per heavy atom. The highest BCUT2D eigenvalue weighted by atomic mass is 16.5. The average molecular weight is 263 g/mol. The van der Waals surface area contributed by atoms with E-state index in [1.165, 1.54) is 5.01 Å². The van der Waals surface area contributed by atoms with Crippen LogP contribution in [0.15, 0.2) is 0 Å². The summed E-state index contributed by atoms with van der Waals surface area (Å²) in [6.45, 7) is 3.17. The molecule has 0 aliphatic heterocycles. The molecule has 8 nitrogen and oxygen atoms in total. The summed E-state index contributed by atoms with van der Waals surface area (Å²) in [5, 5.41) is 28.8. The van der Waals surface area contributed by atoms with Crippen LogP contribution in [-0.4, -0.2) is 50.7 Å². The number of rotatable bonds is 9. The van der Waals surface area contributed by atoms with E-state index in [9.17, 15) is 19.8 Å². The highest BCUT2D eigenvalue weighted by molar-refractivity contribution is 5.77. The first-order chi connectivity index (χ1) is 8.17. The Hall–Kier alpha value is -1.22. The van der Waals surface area contributed by atoms with E-state index in [4.69, 9.17) is 10.8 Å². The first-order valence-corrected chi connectivity index (χ1v) is 5.67. The fourth-order valence-corrected chi connectivity index (χ4v) is 1.49. The summed E-state index contributed by atoms with van der Waals surface area (Å²) in [5.74, 6) is -4.00. The smallest absolute Gasteiger partial charge is 0.322 e. The Balaban J connectivity index is 4.75. The number of nitrogens with one attached hydrogen (secondary N) is 1. The lowest BCUT2D eigenvalue weighted by molar-refractivity contribution is -0.214. The molecule has 0 aromatic carbocycles. The molecule has 0 saturated heterocycles. The van der Waals surface area contributed by atoms with Crippen LogP contribution in [0.3, 0.4) is 0 Å². The van der Waals surface area contributed by atoms with E-state index in [1.807, 2.05) is 6.92 Å². The Morgan fingerprint density at radius 3 is 2.33 bits per heavy atom. The number of carboxylic acids is 1. The molecule has 0 aromatic rings. The zero-order chi connectivity index (χ0) is 14.3. The largest absolute Gasteiger partial charge is 0.480 e. The third-order valence-corrected chi connectivity index (χ3v) is 2.15. The van der Waals surface area contributed by atoms with E-state index >= 15 is 0 Å². The highest BCUT2D eigenvalue weighted by Gasteiger charge is 2.29. The van der Waals surface area contributed by atoms with Crippen LogP contribution in [0.5, 0.6) is 0 Å². The van der Waals surface area contributed by atoms with Crippen molar-refractivity contribution in [1.82, 2.24) is 10.4 Å². The number of hydrogen-bond donors (Lipinski definition) is 5. The van der Waals surface area contributed by atoms with Gasteiger partial charge in [0.2, 0.25) is 11.8 Å². The molecule has 0 aliphatic carbocycles. The van der Waals surface area contributed by atoms with Gasteiger partial charge in [-0.05, 0) is 12.8 Å². The molecule has 0 heterocycles. The topological polar surface area (TPSA) is 136 Å². The van der Waals surface area contributed by atoms with Crippen molar-refractivity contribution in [1.29, 1.82) is 0 Å². The van der Waals surface area contributed by atoms with Crippen LogP contribution in [0.2, 0.25) is 0 Å². The summed E-state index contributed by atoms with van der Waals surface area (Å²) in [6, 6.07) is -1.06. The molecule has 1 atom stereocenters. The van der Waals surface area contributed by atoms with Crippen LogP contribution >= 0.6 is 0 Å². The van der Waals surface area contributed by atoms with Crippen LogP contribution in [0.1, 0.15) is 33.1 Å². The third-order valence-electron chi connectivity index (χ3n) is 2.15. The molecule has 0 fully saturated rings. The van der Waals surface area contributed by atoms with E-state index in [0.29, 0.717) is 6.42 Å². The summed E-state index contributed by atoms with van der Waals surface area (Å²) < 4.78 is 0. The maximum atomic E-state index is 11.1. The predicted octanol–water partition coefficient (Wildman–Crippen LogP) is -1.42. The van der Waals surface area contributed by atoms with Gasteiger partial charge in [-0.2, -0.15) is 0 Å². The molecule has 0 radical (unpaired) electrons. The maximum absolute atomic E-state index is 11.1. The number of hydrogen-bond acceptors (Lipinski definition) is 6. The van der Waals surface area contributed by atoms with Gasteiger partial charge in [0.25, 0.3) is 0 Å². The molecule has 1 amide bonds. The van der Waals surface area contributed by atoms with Gasteiger partial charge in [-0.15, -0.1) is 0 Å². The molecular formula is C10H21N3O5. The van der Waals surface area contributed by atoms with Crippen LogP contribution in [-0.2, 0) is 9.59 Å². The van der Waals surface area contributed by atoms with E-state index < -0.39 is 23.8 Å². The fraction of sp³-hybridized carbons (Fsp3) is 0.800. The Morgan fingerprint density at radius 2 is 2.00 bits per heavy atom. The van der Waals surface area contributed by atoms with Crippen molar-refractivity contribution < 1.29 is 24.9 Å². The van der Waals surface area contributed by atoms with Crippen molar-refractivity contribution in [2.24, 2.45) is 5.73 Å². The van der Waals surface area contributed by atoms with Crippen molar-refractivity contribution in [2.75, 3.05) is 6.54 Å². The lowest BCUT2D eigenvalue weighted by Crippen LogP contribution is -2.58. The maximum Gasteiger partial charge on any atom is 0.322 e. The SMILES string of the molecule is CCCN(NC(C)(O)O)[C@@H](CCC(N)=O)C(=O)O. The van der Waals surface area contributed by atoms with Gasteiger partial charge in [0.05, 0.1) is 0 Å². The molecule has 0 aromatic heterocycles. The predicted molar refractivity (Wildman–Crippen MR) is 62.8 cm³/mol. The molecule has 0 bridgehead atoms. The number of carboxylic acid groups (broad SMARTS) is 1. The second-order valence-corrected chi connectivity index (χ2v) is 4.19. The summed E-state index contributed by atoms with van der Waals surface area (Å²) in [4.78, 5) is 21.8. The molecule has 0 spiro atoms. The number of nitrogens with zero attached hydrogens (tertiary/aromatic N) is 1. The molecule has 0 rings (SSSR count). The minimum Gasteiger partial charge on any atom is -0.480 e. The van der Waals surface area contributed by atoms with Crippen molar-refractivity contribution in [2.45, 2.75) is 45.1 Å². The monoisotopic (exact) mass is 263 g/mol. The number of hydrazine groups is 1. The first-order valence-electron chi connectivity index (χ1n) is 5.67. The molecular weight excluding hydrogens is 242 g/mol. The van der Waals surface area contributed by atoms with Crippen molar-refractivity contribution in [3.8, 4) is 0 Å². The summed E-state index contributed by atoms with van der Waals surface area (Å²) in [6.07, 6.45) is 0.504. The summed E-state index contributed by atoms with van der Waals surface area (Å²) in [5.41, 5.74) is 7.25. The second-order valence-electron chi connectivity index (χ2n) is 4.19. The number of primary amides is 1. The molecule has 8 heteroatoms. The minimum absolute atomic E-state index is 0.00620. The van der Waals surface area contributed by atoms with Gasteiger partial charge < -0.3 is 21.1 Å². The highest BCUT2D eigenvalue weighted by Crippen LogP contribution is 2.08. The number of carbonyl (C=O) groups is 2. The normalized spacial score (nSPS) is 13.6. The Labute approximate surface area is 105 Å². The average Bonchev–Trinajstić information content (AvgIpc) is 2.14. The van der Waals surface area contributed by atoms with Gasteiger partial charge in [0.1, 0.15) is 6.04 Å². The number of nitrogens with two attached hydrogens (primary N) is 1. The van der Waals surface area contributed by atoms with Crippen LogP contribution in [0.4, 0.5) is 0 Å². The van der Waals surface area contributed by atoms with Gasteiger partial charge in [-0.3, -0.25) is 9.59 Å². The molecule has 0 unspecified atom stereocenters. The molecule has 106 valence electrons. The summed E-state index contributed by atoms with van der Waals surface area (Å²) in [7, 11) is 0. The summed E-state index contributed by atoms with van der Waals surface area (Å²) >= 11 is 0. The quantitative estimate of drug-likeness (QED) is 0.254. The Kier molecular flexibility index (Phi) is 6.77. The number of aliphatic carboxylic acids is 1. The fourth-order valence-electron chi connectivity index (χ4n) is 1.49. The van der Waals surface area contributed by atoms with Gasteiger partial charge in [-0.25, -0.2) is 10.4 Å². The number of amides is 1. The minimum atomic E-state index is -2.23. The van der Waals surface area contributed by atoms with Crippen molar-refractivity contribution in [3.63, 3.8) is 0 Å². The third kappa shape index (κ3) is 7.17. The molecule has 0 aliphatic rings. The van der Waals surface area contributed by atoms with Crippen molar-refractivity contribution >= 4 is 11.9 Å². The van der Waals surface area contributed by atoms with E-state index in [-0.39, 0.29) is 19.4 Å².